The Balaban J connectivity index is 1.40. The van der Waals surface area contributed by atoms with Crippen molar-refractivity contribution >= 4 is 32.6 Å². The zero-order valence-electron chi connectivity index (χ0n) is 23.7. The molecule has 2 heterocycles. The van der Waals surface area contributed by atoms with E-state index in [4.69, 9.17) is 0 Å². The number of fused-ring (bicyclic) bond motifs is 4. The number of aromatic nitrogens is 2. The lowest BCUT2D eigenvalue weighted by Crippen LogP contribution is -2.18. The van der Waals surface area contributed by atoms with Gasteiger partial charge >= 0.3 is 0 Å². The Hall–Kier alpha value is -5.67. The Bertz CT molecular complexity index is 2250. The van der Waals surface area contributed by atoms with Crippen LogP contribution in [-0.2, 0) is 0 Å². The lowest BCUT2D eigenvalue weighted by molar-refractivity contribution is 0.996. The molecule has 2 aromatic heterocycles. The van der Waals surface area contributed by atoms with Gasteiger partial charge in [-0.15, -0.1) is 0 Å². The van der Waals surface area contributed by atoms with Crippen LogP contribution in [0.15, 0.2) is 157 Å². The molecular weight excluding hydrogens is 524 g/mol. The van der Waals surface area contributed by atoms with E-state index in [2.05, 4.69) is 115 Å². The number of hydrogen-bond donors (Lipinski definition) is 0. The smallest absolute Gasteiger partial charge is 0.263 e. The summed E-state index contributed by atoms with van der Waals surface area (Å²) in [5.74, 6) is 0. The summed E-state index contributed by atoms with van der Waals surface area (Å²) in [4.78, 5) is 13.9. The van der Waals surface area contributed by atoms with Crippen molar-refractivity contribution in [2.24, 2.45) is 0 Å². The van der Waals surface area contributed by atoms with E-state index in [9.17, 15) is 4.79 Å². The number of hydrogen-bond acceptors (Lipinski definition) is 1. The van der Waals surface area contributed by atoms with Gasteiger partial charge in [0.25, 0.3) is 5.56 Å². The Morgan fingerprint density at radius 3 is 1.53 bits per heavy atom. The first-order chi connectivity index (χ1) is 21.2. The molecule has 0 radical (unpaired) electrons. The molecule has 0 spiro atoms. The van der Waals surface area contributed by atoms with E-state index in [-0.39, 0.29) is 5.56 Å². The molecule has 3 heteroatoms. The van der Waals surface area contributed by atoms with E-state index < -0.39 is 0 Å². The van der Waals surface area contributed by atoms with E-state index in [0.29, 0.717) is 5.39 Å². The van der Waals surface area contributed by atoms with Crippen molar-refractivity contribution in [3.63, 3.8) is 0 Å². The summed E-state index contributed by atoms with van der Waals surface area (Å²) in [6, 6.07) is 50.5. The monoisotopic (exact) mass is 552 g/mol. The lowest BCUT2D eigenvalue weighted by atomic mass is 10.0. The van der Waals surface area contributed by atoms with Crippen molar-refractivity contribution < 1.29 is 0 Å². The Kier molecular flexibility index (Phi) is 5.83. The zero-order chi connectivity index (χ0) is 28.9. The summed E-state index contributed by atoms with van der Waals surface area (Å²) in [5.41, 5.74) is 9.81. The average Bonchev–Trinajstić information content (AvgIpc) is 3.40. The zero-order valence-corrected chi connectivity index (χ0v) is 23.7. The minimum atomic E-state index is -0.0212. The first-order valence-corrected chi connectivity index (χ1v) is 14.6. The van der Waals surface area contributed by atoms with Crippen LogP contribution in [0.25, 0.3) is 66.2 Å². The molecule has 0 amide bonds. The molecule has 6 aromatic carbocycles. The van der Waals surface area contributed by atoms with Crippen LogP contribution in [0.3, 0.4) is 0 Å². The first-order valence-electron chi connectivity index (χ1n) is 14.6. The van der Waals surface area contributed by atoms with Crippen molar-refractivity contribution in [1.82, 2.24) is 9.13 Å². The van der Waals surface area contributed by atoms with Crippen LogP contribution in [0.4, 0.5) is 0 Å². The van der Waals surface area contributed by atoms with E-state index >= 15 is 0 Å². The van der Waals surface area contributed by atoms with Crippen molar-refractivity contribution in [2.75, 3.05) is 0 Å². The minimum Gasteiger partial charge on any atom is -0.309 e. The highest BCUT2D eigenvalue weighted by atomic mass is 16.1. The molecular formula is C40H28N2O. The molecule has 0 saturated heterocycles. The second-order valence-electron chi connectivity index (χ2n) is 11.1. The molecule has 8 rings (SSSR count). The maximum absolute atomic E-state index is 13.9. The van der Waals surface area contributed by atoms with Gasteiger partial charge in [-0.2, -0.15) is 0 Å². The molecule has 0 aliphatic rings. The Morgan fingerprint density at radius 1 is 0.442 bits per heavy atom. The molecule has 3 nitrogen and oxygen atoms in total. The van der Waals surface area contributed by atoms with Gasteiger partial charge in [-0.25, -0.2) is 0 Å². The van der Waals surface area contributed by atoms with Crippen molar-refractivity contribution in [2.45, 2.75) is 6.92 Å². The van der Waals surface area contributed by atoms with Crippen LogP contribution < -0.4 is 5.56 Å². The molecule has 0 fully saturated rings. The number of rotatable bonds is 4. The summed E-state index contributed by atoms with van der Waals surface area (Å²) < 4.78 is 4.05. The third-order valence-electron chi connectivity index (χ3n) is 8.47. The number of pyridine rings is 1. The van der Waals surface area contributed by atoms with E-state index in [0.717, 1.165) is 33.4 Å². The molecule has 43 heavy (non-hydrogen) atoms. The Labute approximate surface area is 249 Å². The van der Waals surface area contributed by atoms with Gasteiger partial charge in [0.15, 0.2) is 0 Å². The van der Waals surface area contributed by atoms with Gasteiger partial charge in [0, 0.05) is 33.7 Å². The normalized spacial score (nSPS) is 11.5. The van der Waals surface area contributed by atoms with Crippen LogP contribution in [-0.4, -0.2) is 9.13 Å². The van der Waals surface area contributed by atoms with E-state index in [1.165, 1.54) is 33.0 Å². The van der Waals surface area contributed by atoms with Crippen LogP contribution in [0.2, 0.25) is 0 Å². The number of aryl methyl sites for hydroxylation is 1. The summed E-state index contributed by atoms with van der Waals surface area (Å²) in [7, 11) is 0. The summed E-state index contributed by atoms with van der Waals surface area (Å²) >= 11 is 0. The third kappa shape index (κ3) is 4.17. The van der Waals surface area contributed by atoms with Gasteiger partial charge in [0.2, 0.25) is 0 Å². The summed E-state index contributed by atoms with van der Waals surface area (Å²) in [6.07, 6.45) is 1.94. The van der Waals surface area contributed by atoms with Gasteiger partial charge in [-0.05, 0) is 88.7 Å². The number of benzene rings is 6. The topological polar surface area (TPSA) is 26.9 Å². The second-order valence-corrected chi connectivity index (χ2v) is 11.1. The molecule has 0 atom stereocenters. The fraction of sp³-hybridized carbons (Fsp3) is 0.0250. The standard InChI is InChI=1S/C40H28N2O/c1-27-26-41(32-15-9-4-10-16-32)40(43)37-25-33(19-20-34(27)37)42-38-21-17-30(28-11-5-2-6-12-28)23-35(38)36-24-31(18-22-39(36)42)29-13-7-3-8-14-29/h2-26H,1H3. The Morgan fingerprint density at radius 2 is 0.977 bits per heavy atom. The predicted molar refractivity (Wildman–Crippen MR) is 179 cm³/mol. The van der Waals surface area contributed by atoms with Gasteiger partial charge in [-0.3, -0.25) is 9.36 Å². The number of para-hydroxylation sites is 1. The maximum atomic E-state index is 13.9. The molecule has 0 aliphatic carbocycles. The maximum Gasteiger partial charge on any atom is 0.263 e. The summed E-state index contributed by atoms with van der Waals surface area (Å²) in [5, 5.41) is 4.04. The third-order valence-corrected chi connectivity index (χ3v) is 8.47. The second kappa shape index (κ2) is 10.0. The number of nitrogens with zero attached hydrogens (tertiary/aromatic N) is 2. The first kappa shape index (κ1) is 25.1. The molecule has 8 aromatic rings. The minimum absolute atomic E-state index is 0.0212. The lowest BCUT2D eigenvalue weighted by Gasteiger charge is -2.13. The fourth-order valence-electron chi connectivity index (χ4n) is 6.35. The van der Waals surface area contributed by atoms with Gasteiger partial charge in [0.05, 0.1) is 11.0 Å². The van der Waals surface area contributed by atoms with Gasteiger partial charge in [-0.1, -0.05) is 97.1 Å². The highest BCUT2D eigenvalue weighted by Crippen LogP contribution is 2.37. The predicted octanol–water partition coefficient (Wildman–Crippen LogP) is 9.73. The molecule has 0 saturated carbocycles. The highest BCUT2D eigenvalue weighted by molar-refractivity contribution is 6.12. The van der Waals surface area contributed by atoms with Crippen LogP contribution in [0.1, 0.15) is 5.56 Å². The van der Waals surface area contributed by atoms with Crippen LogP contribution in [0.5, 0.6) is 0 Å². The molecule has 0 aliphatic heterocycles. The molecule has 0 bridgehead atoms. The van der Waals surface area contributed by atoms with E-state index in [1.54, 1.807) is 4.57 Å². The quantitative estimate of drug-likeness (QED) is 0.213. The van der Waals surface area contributed by atoms with Crippen LogP contribution in [0, 0.1) is 6.92 Å². The molecule has 204 valence electrons. The highest BCUT2D eigenvalue weighted by Gasteiger charge is 2.16. The SMILES string of the molecule is Cc1cn(-c2ccccc2)c(=O)c2cc(-n3c4ccc(-c5ccccc5)cc4c4cc(-c5ccccc5)ccc43)ccc12. The van der Waals surface area contributed by atoms with E-state index in [1.807, 2.05) is 48.7 Å². The van der Waals surface area contributed by atoms with Gasteiger partial charge < -0.3 is 4.57 Å². The largest absolute Gasteiger partial charge is 0.309 e. The summed E-state index contributed by atoms with van der Waals surface area (Å²) in [6.45, 7) is 2.07. The van der Waals surface area contributed by atoms with Crippen molar-refractivity contribution in [3.8, 4) is 33.6 Å². The van der Waals surface area contributed by atoms with Gasteiger partial charge in [0.1, 0.15) is 0 Å². The van der Waals surface area contributed by atoms with Crippen LogP contribution >= 0.6 is 0 Å². The molecule has 0 unspecified atom stereocenters. The fourth-order valence-corrected chi connectivity index (χ4v) is 6.35. The van der Waals surface area contributed by atoms with Crippen molar-refractivity contribution in [1.29, 1.82) is 0 Å². The van der Waals surface area contributed by atoms with Crippen molar-refractivity contribution in [3.05, 3.63) is 168 Å². The molecule has 0 N–H and O–H groups in total. The average molecular weight is 553 g/mol.